The summed E-state index contributed by atoms with van der Waals surface area (Å²) in [4.78, 5) is 12.5. The lowest BCUT2D eigenvalue weighted by Crippen LogP contribution is -2.43. The normalized spacial score (nSPS) is 18.6. The minimum Gasteiger partial charge on any atom is -0.378 e. The maximum Gasteiger partial charge on any atom is 0.178 e. The second-order valence-corrected chi connectivity index (χ2v) is 12.1. The number of nitrogens with zero attached hydrogens (tertiary/aromatic N) is 6. The molecule has 1 aromatic heterocycles. The lowest BCUT2D eigenvalue weighted by molar-refractivity contribution is 0.121. The molecule has 44 heavy (non-hydrogen) atoms. The fraction of sp³-hybridized carbons (Fsp3) is 0.324. The SMILES string of the molecule is Clc1ccc(CC2c3c(N4CCOCC4)nnc(N4CCOCC4)c3N=C(c3ccccc3)N2Cc2ccc(Cl)cc2)cc1. The van der Waals surface area contributed by atoms with Crippen LogP contribution in [0.2, 0.25) is 10.0 Å². The summed E-state index contributed by atoms with van der Waals surface area (Å²) in [6.45, 7) is 6.21. The molecule has 3 aliphatic heterocycles. The van der Waals surface area contributed by atoms with Gasteiger partial charge in [0.2, 0.25) is 0 Å². The Morgan fingerprint density at radius 1 is 0.659 bits per heavy atom. The van der Waals surface area contributed by atoms with E-state index in [0.29, 0.717) is 38.0 Å². The third-order valence-electron chi connectivity index (χ3n) is 8.41. The molecule has 2 fully saturated rings. The van der Waals surface area contributed by atoms with E-state index < -0.39 is 0 Å². The Morgan fingerprint density at radius 3 is 1.82 bits per heavy atom. The van der Waals surface area contributed by atoms with Crippen LogP contribution in [0, 0.1) is 0 Å². The van der Waals surface area contributed by atoms with Crippen LogP contribution in [0.3, 0.4) is 0 Å². The molecule has 0 saturated carbocycles. The van der Waals surface area contributed by atoms with Crippen molar-refractivity contribution in [3.05, 3.63) is 111 Å². The van der Waals surface area contributed by atoms with Crippen LogP contribution in [-0.2, 0) is 22.4 Å². The van der Waals surface area contributed by atoms with E-state index in [1.807, 2.05) is 30.3 Å². The molecule has 0 amide bonds. The van der Waals surface area contributed by atoms with Crippen molar-refractivity contribution in [3.63, 3.8) is 0 Å². The van der Waals surface area contributed by atoms with Gasteiger partial charge < -0.3 is 24.2 Å². The minimum absolute atomic E-state index is 0.0947. The zero-order valence-corrected chi connectivity index (χ0v) is 25.9. The third kappa shape index (κ3) is 6.13. The quantitative estimate of drug-likeness (QED) is 0.237. The molecule has 226 valence electrons. The van der Waals surface area contributed by atoms with Gasteiger partial charge in [0.25, 0.3) is 0 Å². The van der Waals surface area contributed by atoms with Crippen molar-refractivity contribution < 1.29 is 9.47 Å². The zero-order chi connectivity index (χ0) is 29.9. The highest BCUT2D eigenvalue weighted by Crippen LogP contribution is 2.47. The number of ether oxygens (including phenoxy) is 2. The van der Waals surface area contributed by atoms with Crippen LogP contribution in [0.4, 0.5) is 17.3 Å². The highest BCUT2D eigenvalue weighted by molar-refractivity contribution is 6.30. The number of aliphatic imine (C=N–C) groups is 1. The van der Waals surface area contributed by atoms with Crippen molar-refractivity contribution >= 4 is 46.4 Å². The van der Waals surface area contributed by atoms with Gasteiger partial charge in [-0.1, -0.05) is 77.8 Å². The zero-order valence-electron chi connectivity index (χ0n) is 24.4. The van der Waals surface area contributed by atoms with Gasteiger partial charge in [0.1, 0.15) is 11.5 Å². The van der Waals surface area contributed by atoms with Crippen molar-refractivity contribution in [1.29, 1.82) is 0 Å². The predicted molar refractivity (Wildman–Crippen MR) is 176 cm³/mol. The molecule has 4 heterocycles. The number of amidine groups is 1. The molecule has 0 bridgehead atoms. The number of hydrogen-bond acceptors (Lipinski definition) is 8. The lowest BCUT2D eigenvalue weighted by atomic mass is 9.92. The number of benzene rings is 3. The Bertz CT molecular complexity index is 1610. The number of anilines is 2. The summed E-state index contributed by atoms with van der Waals surface area (Å²) in [6, 6.07) is 26.6. The third-order valence-corrected chi connectivity index (χ3v) is 8.91. The van der Waals surface area contributed by atoms with Gasteiger partial charge in [-0.2, -0.15) is 0 Å². The van der Waals surface area contributed by atoms with Gasteiger partial charge in [0.05, 0.1) is 32.5 Å². The monoisotopic (exact) mass is 628 g/mol. The van der Waals surface area contributed by atoms with E-state index in [-0.39, 0.29) is 6.04 Å². The summed E-state index contributed by atoms with van der Waals surface area (Å²) in [5, 5.41) is 11.3. The van der Waals surface area contributed by atoms with Crippen molar-refractivity contribution in [2.75, 3.05) is 62.4 Å². The van der Waals surface area contributed by atoms with Crippen LogP contribution in [0.25, 0.3) is 0 Å². The van der Waals surface area contributed by atoms with Crippen LogP contribution in [0.5, 0.6) is 0 Å². The highest BCUT2D eigenvalue weighted by Gasteiger charge is 2.38. The maximum atomic E-state index is 6.33. The number of rotatable bonds is 7. The first kappa shape index (κ1) is 29.0. The largest absolute Gasteiger partial charge is 0.378 e. The van der Waals surface area contributed by atoms with E-state index in [9.17, 15) is 0 Å². The van der Waals surface area contributed by atoms with Crippen LogP contribution in [-0.4, -0.2) is 73.5 Å². The molecule has 7 rings (SSSR count). The first-order valence-electron chi connectivity index (χ1n) is 15.1. The van der Waals surface area contributed by atoms with Crippen LogP contribution in [0.15, 0.2) is 83.9 Å². The van der Waals surface area contributed by atoms with E-state index in [0.717, 1.165) is 77.5 Å². The first-order chi connectivity index (χ1) is 21.6. The van der Waals surface area contributed by atoms with Crippen molar-refractivity contribution in [1.82, 2.24) is 15.1 Å². The topological polar surface area (TPSA) is 66.3 Å². The Hall–Kier alpha value is -3.69. The number of aromatic nitrogens is 2. The first-order valence-corrected chi connectivity index (χ1v) is 15.9. The summed E-state index contributed by atoms with van der Waals surface area (Å²) < 4.78 is 11.4. The predicted octanol–water partition coefficient (Wildman–Crippen LogP) is 6.33. The molecule has 0 spiro atoms. The molecule has 8 nitrogen and oxygen atoms in total. The molecule has 4 aromatic rings. The van der Waals surface area contributed by atoms with Gasteiger partial charge in [0, 0.05) is 53.9 Å². The van der Waals surface area contributed by atoms with E-state index >= 15 is 0 Å². The molecule has 10 heteroatoms. The van der Waals surface area contributed by atoms with E-state index in [1.165, 1.54) is 5.56 Å². The Labute approximate surface area is 267 Å². The van der Waals surface area contributed by atoms with Gasteiger partial charge in [-0.15, -0.1) is 10.2 Å². The molecule has 1 atom stereocenters. The van der Waals surface area contributed by atoms with Gasteiger partial charge in [0.15, 0.2) is 11.6 Å². The summed E-state index contributed by atoms with van der Waals surface area (Å²) in [6.07, 6.45) is 0.731. The summed E-state index contributed by atoms with van der Waals surface area (Å²) in [5.74, 6) is 2.58. The number of hydrogen-bond donors (Lipinski definition) is 0. The van der Waals surface area contributed by atoms with Crippen LogP contribution in [0.1, 0.15) is 28.3 Å². The van der Waals surface area contributed by atoms with Crippen LogP contribution >= 0.6 is 23.2 Å². The average Bonchev–Trinajstić information content (AvgIpc) is 3.08. The molecule has 3 aromatic carbocycles. The lowest BCUT2D eigenvalue weighted by Gasteiger charge is -2.42. The fourth-order valence-corrected chi connectivity index (χ4v) is 6.41. The summed E-state index contributed by atoms with van der Waals surface area (Å²) in [5.41, 5.74) is 5.34. The number of fused-ring (bicyclic) bond motifs is 1. The molecule has 2 saturated heterocycles. The number of halogens is 2. The molecule has 3 aliphatic rings. The van der Waals surface area contributed by atoms with Crippen molar-refractivity contribution in [2.24, 2.45) is 4.99 Å². The highest BCUT2D eigenvalue weighted by atomic mass is 35.5. The fourth-order valence-electron chi connectivity index (χ4n) is 6.16. The maximum absolute atomic E-state index is 6.33. The van der Waals surface area contributed by atoms with Gasteiger partial charge >= 0.3 is 0 Å². The molecular formula is C34H34Cl2N6O2. The molecule has 1 unspecified atom stereocenters. The molecule has 0 aliphatic carbocycles. The van der Waals surface area contributed by atoms with Gasteiger partial charge in [-0.3, -0.25) is 0 Å². The number of morpholine rings is 2. The Morgan fingerprint density at radius 2 is 1.20 bits per heavy atom. The van der Waals surface area contributed by atoms with Gasteiger partial charge in [-0.05, 0) is 41.8 Å². The van der Waals surface area contributed by atoms with Crippen molar-refractivity contribution in [2.45, 2.75) is 19.0 Å². The second kappa shape index (κ2) is 13.1. The smallest absolute Gasteiger partial charge is 0.178 e. The van der Waals surface area contributed by atoms with E-state index in [1.54, 1.807) is 0 Å². The average molecular weight is 630 g/mol. The molecule has 0 radical (unpaired) electrons. The minimum atomic E-state index is -0.0947. The summed E-state index contributed by atoms with van der Waals surface area (Å²) >= 11 is 12.6. The second-order valence-electron chi connectivity index (χ2n) is 11.2. The Balaban J connectivity index is 1.45. The van der Waals surface area contributed by atoms with E-state index in [2.05, 4.69) is 63.2 Å². The van der Waals surface area contributed by atoms with Crippen LogP contribution < -0.4 is 9.80 Å². The molecule has 0 N–H and O–H groups in total. The standard InChI is InChI=1S/C34H34Cl2N6O2/c35-27-10-6-24(7-11-27)22-29-30-31(34(41-16-20-44-21-17-41)39-38-33(30)40-14-18-43-19-15-40)37-32(26-4-2-1-3-5-26)42(29)23-25-8-12-28(36)13-9-25/h1-13,29H,14-23H2. The van der Waals surface area contributed by atoms with Gasteiger partial charge in [-0.25, -0.2) is 4.99 Å². The summed E-state index contributed by atoms with van der Waals surface area (Å²) in [7, 11) is 0. The van der Waals surface area contributed by atoms with Crippen molar-refractivity contribution in [3.8, 4) is 0 Å². The van der Waals surface area contributed by atoms with E-state index in [4.69, 9.17) is 47.9 Å². The molecular weight excluding hydrogens is 595 g/mol. The Kier molecular flexibility index (Phi) is 8.66.